The summed E-state index contributed by atoms with van der Waals surface area (Å²) in [6.45, 7) is 24.0. The molecule has 41 heavy (non-hydrogen) atoms. The SMILES string of the molecule is CC(C)C1=C(C(C)C)C[C@@H](N(/C=C\[C@H]2C=CC2C(C)C)[C@H]2C=C[C@@H](C(C)C)CC2)[C@@H](N[C@H]2C=C[C@@H](C(C)C)CC2)C1. The van der Waals surface area contributed by atoms with E-state index in [1.165, 1.54) is 38.5 Å². The van der Waals surface area contributed by atoms with Crippen LogP contribution in [0.15, 0.2) is 59.9 Å². The Labute approximate surface area is 254 Å². The van der Waals surface area contributed by atoms with Crippen LogP contribution in [0.5, 0.6) is 0 Å². The van der Waals surface area contributed by atoms with Crippen LogP contribution in [-0.4, -0.2) is 29.1 Å². The van der Waals surface area contributed by atoms with Crippen molar-refractivity contribution < 1.29 is 0 Å². The lowest BCUT2D eigenvalue weighted by atomic mass is 9.74. The van der Waals surface area contributed by atoms with Crippen LogP contribution in [0.2, 0.25) is 0 Å². The van der Waals surface area contributed by atoms with Crippen LogP contribution in [0.4, 0.5) is 0 Å². The molecular formula is C39H64N2. The third-order valence-corrected chi connectivity index (χ3v) is 11.1. The van der Waals surface area contributed by atoms with E-state index in [0.29, 0.717) is 53.8 Å². The first-order valence-corrected chi connectivity index (χ1v) is 17.4. The highest BCUT2D eigenvalue weighted by Gasteiger charge is 2.38. The molecule has 2 heteroatoms. The van der Waals surface area contributed by atoms with E-state index in [2.05, 4.69) is 128 Å². The van der Waals surface area contributed by atoms with E-state index in [0.717, 1.165) is 23.7 Å². The molecule has 0 saturated heterocycles. The normalized spacial score (nSPS) is 34.2. The minimum atomic E-state index is 0.471. The van der Waals surface area contributed by atoms with Gasteiger partial charge in [-0.2, -0.15) is 0 Å². The third kappa shape index (κ3) is 7.90. The molecule has 1 unspecified atom stereocenters. The Balaban J connectivity index is 1.67. The van der Waals surface area contributed by atoms with Gasteiger partial charge in [0.25, 0.3) is 0 Å². The molecule has 0 radical (unpaired) electrons. The van der Waals surface area contributed by atoms with Crippen LogP contribution >= 0.6 is 0 Å². The molecule has 4 aliphatic rings. The maximum absolute atomic E-state index is 4.27. The van der Waals surface area contributed by atoms with Gasteiger partial charge in [-0.1, -0.05) is 123 Å². The van der Waals surface area contributed by atoms with E-state index in [4.69, 9.17) is 0 Å². The lowest BCUT2D eigenvalue weighted by Crippen LogP contribution is -2.56. The first-order chi connectivity index (χ1) is 19.5. The molecule has 4 aliphatic carbocycles. The Morgan fingerprint density at radius 2 is 1.27 bits per heavy atom. The van der Waals surface area contributed by atoms with Crippen molar-refractivity contribution >= 4 is 0 Å². The van der Waals surface area contributed by atoms with Crippen molar-refractivity contribution in [2.24, 2.45) is 53.3 Å². The van der Waals surface area contributed by atoms with Crippen molar-refractivity contribution in [2.75, 3.05) is 0 Å². The number of nitrogens with one attached hydrogen (secondary N) is 1. The minimum absolute atomic E-state index is 0.471. The van der Waals surface area contributed by atoms with Crippen LogP contribution in [0, 0.1) is 53.3 Å². The molecule has 0 amide bonds. The zero-order chi connectivity index (χ0) is 29.8. The average Bonchev–Trinajstić information content (AvgIpc) is 2.90. The number of hydrogen-bond acceptors (Lipinski definition) is 2. The Morgan fingerprint density at radius 3 is 1.73 bits per heavy atom. The molecule has 0 aliphatic heterocycles. The number of rotatable bonds is 11. The number of hydrogen-bond donors (Lipinski definition) is 1. The molecule has 0 aromatic carbocycles. The zero-order valence-corrected chi connectivity index (χ0v) is 28.3. The van der Waals surface area contributed by atoms with Crippen LogP contribution in [-0.2, 0) is 0 Å². The average molecular weight is 561 g/mol. The van der Waals surface area contributed by atoms with Gasteiger partial charge in [-0.15, -0.1) is 0 Å². The van der Waals surface area contributed by atoms with Crippen LogP contribution < -0.4 is 5.32 Å². The molecule has 230 valence electrons. The van der Waals surface area contributed by atoms with Gasteiger partial charge in [-0.05, 0) is 92.1 Å². The molecule has 0 saturated carbocycles. The van der Waals surface area contributed by atoms with Gasteiger partial charge in [0.05, 0.1) is 0 Å². The molecule has 2 nitrogen and oxygen atoms in total. The first-order valence-electron chi connectivity index (χ1n) is 17.4. The minimum Gasteiger partial charge on any atom is -0.366 e. The van der Waals surface area contributed by atoms with Gasteiger partial charge in [0.1, 0.15) is 0 Å². The summed E-state index contributed by atoms with van der Waals surface area (Å²) < 4.78 is 0. The van der Waals surface area contributed by atoms with E-state index < -0.39 is 0 Å². The van der Waals surface area contributed by atoms with Gasteiger partial charge < -0.3 is 10.2 Å². The fraction of sp³-hybridized carbons (Fsp3) is 0.744. The second kappa shape index (κ2) is 14.3. The second-order valence-electron chi connectivity index (χ2n) is 15.6. The largest absolute Gasteiger partial charge is 0.366 e. The van der Waals surface area contributed by atoms with E-state index in [9.17, 15) is 0 Å². The molecule has 0 heterocycles. The van der Waals surface area contributed by atoms with Crippen LogP contribution in [0.3, 0.4) is 0 Å². The lowest BCUT2D eigenvalue weighted by Gasteiger charge is -2.48. The maximum Gasteiger partial charge on any atom is 0.0484 e. The summed E-state index contributed by atoms with van der Waals surface area (Å²) in [6, 6.07) is 1.93. The Morgan fingerprint density at radius 1 is 0.659 bits per heavy atom. The molecule has 0 spiro atoms. The quantitative estimate of drug-likeness (QED) is 0.253. The summed E-state index contributed by atoms with van der Waals surface area (Å²) in [5.41, 5.74) is 3.45. The van der Waals surface area contributed by atoms with Crippen molar-refractivity contribution in [2.45, 2.75) is 132 Å². The van der Waals surface area contributed by atoms with E-state index in [1.54, 1.807) is 11.1 Å². The van der Waals surface area contributed by atoms with E-state index >= 15 is 0 Å². The first kappa shape index (κ1) is 32.4. The van der Waals surface area contributed by atoms with Crippen molar-refractivity contribution in [1.29, 1.82) is 0 Å². The maximum atomic E-state index is 4.27. The molecule has 4 rings (SSSR count). The predicted molar refractivity (Wildman–Crippen MR) is 180 cm³/mol. The fourth-order valence-electron chi connectivity index (χ4n) is 8.03. The van der Waals surface area contributed by atoms with Gasteiger partial charge >= 0.3 is 0 Å². The molecule has 1 N–H and O–H groups in total. The Bertz CT molecular complexity index is 989. The van der Waals surface area contributed by atoms with Crippen molar-refractivity contribution in [3.63, 3.8) is 0 Å². The van der Waals surface area contributed by atoms with Crippen LogP contribution in [0.25, 0.3) is 0 Å². The summed E-state index contributed by atoms with van der Waals surface area (Å²) in [6.07, 6.45) is 27.6. The topological polar surface area (TPSA) is 15.3 Å². The highest BCUT2D eigenvalue weighted by atomic mass is 15.2. The zero-order valence-electron chi connectivity index (χ0n) is 28.3. The lowest BCUT2D eigenvalue weighted by molar-refractivity contribution is 0.148. The summed E-state index contributed by atoms with van der Waals surface area (Å²) in [5, 5.41) is 4.27. The standard InChI is InChI=1S/C39H64N2/c1-25(2)30-11-16-33(17-12-30)40-38-23-36(28(7)8)37(29(9)10)24-39(38)41(22-21-32-15-20-35(32)27(5)6)34-18-13-31(14-19-34)26(3)4/h11,13,15-16,18,20-22,25-35,38-40H,12,14,17,19,23-24H2,1-10H3/b22-21-/t30-,31-,32-,33+,34+,35?,38+,39-/m1/s1. The highest BCUT2D eigenvalue weighted by molar-refractivity contribution is 5.28. The molecular weight excluding hydrogens is 496 g/mol. The fourth-order valence-corrected chi connectivity index (χ4v) is 8.03. The van der Waals surface area contributed by atoms with Crippen molar-refractivity contribution in [3.8, 4) is 0 Å². The van der Waals surface area contributed by atoms with Crippen molar-refractivity contribution in [3.05, 3.63) is 59.9 Å². The number of nitrogens with zero attached hydrogens (tertiary/aromatic N) is 1. The van der Waals surface area contributed by atoms with E-state index in [1.807, 2.05) is 0 Å². The molecule has 0 bridgehead atoms. The number of allylic oxidation sites excluding steroid dienone is 5. The third-order valence-electron chi connectivity index (χ3n) is 11.1. The summed E-state index contributed by atoms with van der Waals surface area (Å²) in [4.78, 5) is 2.83. The summed E-state index contributed by atoms with van der Waals surface area (Å²) in [5.74, 6) is 6.09. The summed E-state index contributed by atoms with van der Waals surface area (Å²) >= 11 is 0. The molecule has 0 aromatic rings. The van der Waals surface area contributed by atoms with Gasteiger partial charge in [0.15, 0.2) is 0 Å². The molecule has 8 atom stereocenters. The van der Waals surface area contributed by atoms with Crippen LogP contribution in [0.1, 0.15) is 108 Å². The summed E-state index contributed by atoms with van der Waals surface area (Å²) in [7, 11) is 0. The molecule has 0 fully saturated rings. The predicted octanol–water partition coefficient (Wildman–Crippen LogP) is 9.97. The van der Waals surface area contributed by atoms with Gasteiger partial charge in [-0.25, -0.2) is 0 Å². The van der Waals surface area contributed by atoms with Gasteiger partial charge in [0.2, 0.25) is 0 Å². The highest BCUT2D eigenvalue weighted by Crippen LogP contribution is 2.40. The van der Waals surface area contributed by atoms with E-state index in [-0.39, 0.29) is 0 Å². The van der Waals surface area contributed by atoms with Gasteiger partial charge in [-0.3, -0.25) is 0 Å². The Kier molecular flexibility index (Phi) is 11.3. The Hall–Kier alpha value is -1.54. The van der Waals surface area contributed by atoms with Gasteiger partial charge in [0, 0.05) is 30.1 Å². The monoisotopic (exact) mass is 561 g/mol. The smallest absolute Gasteiger partial charge is 0.0484 e. The van der Waals surface area contributed by atoms with Crippen molar-refractivity contribution in [1.82, 2.24) is 10.2 Å². The second-order valence-corrected chi connectivity index (χ2v) is 15.6. The molecule has 0 aromatic heterocycles.